The van der Waals surface area contributed by atoms with Gasteiger partial charge in [-0.3, -0.25) is 0 Å². The predicted molar refractivity (Wildman–Crippen MR) is 94.7 cm³/mol. The number of rotatable bonds is 3. The Morgan fingerprint density at radius 2 is 2.18 bits per heavy atom. The van der Waals surface area contributed by atoms with Gasteiger partial charge in [0.2, 0.25) is 0 Å². The van der Waals surface area contributed by atoms with Crippen LogP contribution in [0.3, 0.4) is 0 Å². The first kappa shape index (κ1) is 15.3. The number of nitrogens with one attached hydrogen (secondary N) is 1. The zero-order valence-electron chi connectivity index (χ0n) is 12.1. The topological polar surface area (TPSA) is 48.5 Å². The summed E-state index contributed by atoms with van der Waals surface area (Å²) in [5.74, 6) is 0. The largest absolute Gasteiger partial charge is 0.345 e. The van der Waals surface area contributed by atoms with Gasteiger partial charge < -0.3 is 15.1 Å². The number of benzene rings is 1. The third kappa shape index (κ3) is 3.25. The minimum Gasteiger partial charge on any atom is -0.345 e. The van der Waals surface area contributed by atoms with Gasteiger partial charge in [0.25, 0.3) is 0 Å². The summed E-state index contributed by atoms with van der Waals surface area (Å²) in [7, 11) is 0. The Hall–Kier alpha value is -1.60. The van der Waals surface area contributed by atoms with Gasteiger partial charge in [-0.2, -0.15) is 0 Å². The number of hydrogen-bond acceptors (Lipinski definition) is 4. The molecule has 1 fully saturated rings. The number of thiazole rings is 1. The lowest BCUT2D eigenvalue weighted by Crippen LogP contribution is -2.51. The van der Waals surface area contributed by atoms with E-state index in [0.29, 0.717) is 19.6 Å². The highest BCUT2D eigenvalue weighted by Crippen LogP contribution is 2.31. The van der Waals surface area contributed by atoms with Gasteiger partial charge in [-0.05, 0) is 18.2 Å². The lowest BCUT2D eigenvalue weighted by atomic mass is 10.3. The molecular weight excluding hydrogens is 364 g/mol. The number of halogens is 1. The van der Waals surface area contributed by atoms with E-state index in [1.165, 1.54) is 4.70 Å². The first-order valence-electron chi connectivity index (χ1n) is 7.12. The number of piperazine rings is 1. The van der Waals surface area contributed by atoms with Crippen molar-refractivity contribution < 1.29 is 4.79 Å². The molecule has 3 rings (SSSR count). The summed E-state index contributed by atoms with van der Waals surface area (Å²) in [6.07, 6.45) is 1.69. The molecule has 1 saturated heterocycles. The molecule has 0 saturated carbocycles. The van der Waals surface area contributed by atoms with Gasteiger partial charge in [0.05, 0.1) is 10.2 Å². The van der Waals surface area contributed by atoms with Crippen LogP contribution < -0.4 is 10.2 Å². The summed E-state index contributed by atoms with van der Waals surface area (Å²) in [5, 5.41) is 3.84. The second kappa shape index (κ2) is 6.66. The minimum absolute atomic E-state index is 0.0206. The molecule has 0 atom stereocenters. The number of hydrogen-bond donors (Lipinski definition) is 1. The average Bonchev–Trinajstić information content (AvgIpc) is 2.95. The highest BCUT2D eigenvalue weighted by atomic mass is 79.9. The summed E-state index contributed by atoms with van der Waals surface area (Å²) < 4.78 is 2.24. The number of carbonyl (C=O) groups is 1. The van der Waals surface area contributed by atoms with Crippen LogP contribution in [0.15, 0.2) is 35.3 Å². The maximum atomic E-state index is 11.9. The quantitative estimate of drug-likeness (QED) is 0.832. The maximum absolute atomic E-state index is 11.9. The van der Waals surface area contributed by atoms with Gasteiger partial charge in [-0.15, -0.1) is 6.58 Å². The summed E-state index contributed by atoms with van der Waals surface area (Å²) in [6, 6.07) is 6.11. The third-order valence-corrected chi connectivity index (χ3v) is 5.15. The van der Waals surface area contributed by atoms with Crippen molar-refractivity contribution in [2.24, 2.45) is 0 Å². The van der Waals surface area contributed by atoms with Gasteiger partial charge in [-0.25, -0.2) is 9.78 Å². The van der Waals surface area contributed by atoms with E-state index in [0.717, 1.165) is 28.2 Å². The molecule has 116 valence electrons. The van der Waals surface area contributed by atoms with Crippen molar-refractivity contribution in [1.82, 2.24) is 15.2 Å². The molecule has 1 N–H and O–H groups in total. The van der Waals surface area contributed by atoms with Crippen LogP contribution >= 0.6 is 27.3 Å². The van der Waals surface area contributed by atoms with Crippen LogP contribution in [0.4, 0.5) is 9.93 Å². The van der Waals surface area contributed by atoms with E-state index >= 15 is 0 Å². The summed E-state index contributed by atoms with van der Waals surface area (Å²) in [5.41, 5.74) is 1.02. The molecule has 1 aliphatic rings. The van der Waals surface area contributed by atoms with Crippen LogP contribution in [0.5, 0.6) is 0 Å². The fourth-order valence-corrected chi connectivity index (χ4v) is 3.96. The number of aromatic nitrogens is 1. The Kier molecular flexibility index (Phi) is 4.63. The molecule has 0 radical (unpaired) electrons. The number of urea groups is 1. The van der Waals surface area contributed by atoms with E-state index in [-0.39, 0.29) is 6.03 Å². The number of nitrogens with zero attached hydrogens (tertiary/aromatic N) is 3. The molecule has 2 amide bonds. The molecule has 0 unspecified atom stereocenters. The highest BCUT2D eigenvalue weighted by molar-refractivity contribution is 9.10. The van der Waals surface area contributed by atoms with Crippen molar-refractivity contribution >= 4 is 48.6 Å². The maximum Gasteiger partial charge on any atom is 0.317 e. The van der Waals surface area contributed by atoms with Crippen LogP contribution in [-0.2, 0) is 0 Å². The predicted octanol–water partition coefficient (Wildman–Crippen LogP) is 3.08. The lowest BCUT2D eigenvalue weighted by molar-refractivity contribution is 0.195. The smallest absolute Gasteiger partial charge is 0.317 e. The molecule has 2 aromatic rings. The SMILES string of the molecule is C=CCNC(=O)N1CCN(c2nc3ccc(Br)cc3s2)CC1. The zero-order chi connectivity index (χ0) is 15.5. The van der Waals surface area contributed by atoms with E-state index in [9.17, 15) is 4.79 Å². The number of amides is 2. The Bertz CT molecular complexity index is 694. The monoisotopic (exact) mass is 380 g/mol. The van der Waals surface area contributed by atoms with Crippen LogP contribution in [0.25, 0.3) is 10.2 Å². The first-order valence-corrected chi connectivity index (χ1v) is 8.73. The van der Waals surface area contributed by atoms with Crippen LogP contribution in [-0.4, -0.2) is 48.6 Å². The van der Waals surface area contributed by atoms with Crippen molar-refractivity contribution in [2.75, 3.05) is 37.6 Å². The van der Waals surface area contributed by atoms with E-state index in [1.807, 2.05) is 17.0 Å². The van der Waals surface area contributed by atoms with E-state index in [4.69, 9.17) is 0 Å². The molecule has 7 heteroatoms. The molecule has 1 aliphatic heterocycles. The Balaban J connectivity index is 1.65. The summed E-state index contributed by atoms with van der Waals surface area (Å²) in [4.78, 5) is 20.7. The summed E-state index contributed by atoms with van der Waals surface area (Å²) >= 11 is 5.18. The fraction of sp³-hybridized carbons (Fsp3) is 0.333. The van der Waals surface area contributed by atoms with Crippen molar-refractivity contribution in [1.29, 1.82) is 0 Å². The second-order valence-corrected chi connectivity index (χ2v) is 6.98. The molecule has 2 heterocycles. The molecule has 5 nitrogen and oxygen atoms in total. The van der Waals surface area contributed by atoms with Gasteiger partial charge in [-0.1, -0.05) is 33.3 Å². The normalized spacial score (nSPS) is 15.1. The number of fused-ring (bicyclic) bond motifs is 1. The molecular formula is C15H17BrN4OS. The van der Waals surface area contributed by atoms with Gasteiger partial charge in [0.15, 0.2) is 5.13 Å². The highest BCUT2D eigenvalue weighted by Gasteiger charge is 2.22. The molecule has 0 spiro atoms. The number of anilines is 1. The van der Waals surface area contributed by atoms with Crippen molar-refractivity contribution in [2.45, 2.75) is 0 Å². The fourth-order valence-electron chi connectivity index (χ4n) is 2.39. The molecule has 1 aromatic carbocycles. The molecule has 1 aromatic heterocycles. The van der Waals surface area contributed by atoms with Crippen molar-refractivity contribution in [3.8, 4) is 0 Å². The van der Waals surface area contributed by atoms with Gasteiger partial charge in [0.1, 0.15) is 0 Å². The molecule has 22 heavy (non-hydrogen) atoms. The standard InChI is InChI=1S/C15H17BrN4OS/c1-2-5-17-14(21)19-6-8-20(9-7-19)15-18-12-4-3-11(16)10-13(12)22-15/h2-4,10H,1,5-9H2,(H,17,21). The molecule has 0 bridgehead atoms. The lowest BCUT2D eigenvalue weighted by Gasteiger charge is -2.34. The van der Waals surface area contributed by atoms with Crippen LogP contribution in [0, 0.1) is 0 Å². The van der Waals surface area contributed by atoms with Crippen LogP contribution in [0.2, 0.25) is 0 Å². The minimum atomic E-state index is -0.0206. The van der Waals surface area contributed by atoms with Crippen molar-refractivity contribution in [3.05, 3.63) is 35.3 Å². The molecule has 0 aliphatic carbocycles. The van der Waals surface area contributed by atoms with E-state index < -0.39 is 0 Å². The zero-order valence-corrected chi connectivity index (χ0v) is 14.5. The second-order valence-electron chi connectivity index (χ2n) is 5.06. The third-order valence-electron chi connectivity index (χ3n) is 3.57. The van der Waals surface area contributed by atoms with E-state index in [2.05, 4.69) is 43.8 Å². The van der Waals surface area contributed by atoms with Crippen molar-refractivity contribution in [3.63, 3.8) is 0 Å². The Morgan fingerprint density at radius 1 is 1.41 bits per heavy atom. The van der Waals surface area contributed by atoms with E-state index in [1.54, 1.807) is 17.4 Å². The average molecular weight is 381 g/mol. The Labute approximate surface area is 141 Å². The Morgan fingerprint density at radius 3 is 2.91 bits per heavy atom. The van der Waals surface area contributed by atoms with Gasteiger partial charge >= 0.3 is 6.03 Å². The number of carbonyl (C=O) groups excluding carboxylic acids is 1. The van der Waals surface area contributed by atoms with Crippen LogP contribution in [0.1, 0.15) is 0 Å². The van der Waals surface area contributed by atoms with Gasteiger partial charge in [0, 0.05) is 37.2 Å². The first-order chi connectivity index (χ1) is 10.7. The summed E-state index contributed by atoms with van der Waals surface area (Å²) in [6.45, 7) is 7.15.